The first-order chi connectivity index (χ1) is 8.89. The van der Waals surface area contributed by atoms with Gasteiger partial charge in [0.1, 0.15) is 0 Å². The van der Waals surface area contributed by atoms with Crippen LogP contribution in [0.3, 0.4) is 0 Å². The normalized spacial score (nSPS) is 19.4. The van der Waals surface area contributed by atoms with E-state index in [2.05, 4.69) is 57.3 Å². The van der Waals surface area contributed by atoms with Crippen LogP contribution < -0.4 is 5.32 Å². The fourth-order valence-electron chi connectivity index (χ4n) is 2.95. The molecule has 1 aliphatic carbocycles. The van der Waals surface area contributed by atoms with Crippen molar-refractivity contribution in [2.75, 3.05) is 0 Å². The molecule has 0 aliphatic heterocycles. The van der Waals surface area contributed by atoms with E-state index >= 15 is 0 Å². The molecule has 0 amide bonds. The van der Waals surface area contributed by atoms with Crippen LogP contribution in [0.1, 0.15) is 70.9 Å². The molecule has 1 heteroatoms. The topological polar surface area (TPSA) is 12.0 Å². The maximum Gasteiger partial charge on any atom is 0.0210 e. The van der Waals surface area contributed by atoms with Crippen molar-refractivity contribution in [2.45, 2.75) is 77.3 Å². The molecule has 0 heterocycles. The monoisotopic (exact) mass is 259 g/mol. The van der Waals surface area contributed by atoms with Gasteiger partial charge >= 0.3 is 0 Å². The molecule has 19 heavy (non-hydrogen) atoms. The van der Waals surface area contributed by atoms with Gasteiger partial charge in [-0.05, 0) is 36.3 Å². The average Bonchev–Trinajstić information content (AvgIpc) is 2.37. The third kappa shape index (κ3) is 4.07. The number of nitrogens with one attached hydrogen (secondary N) is 1. The molecule has 1 aliphatic rings. The first-order valence-electron chi connectivity index (χ1n) is 7.74. The van der Waals surface area contributed by atoms with Crippen LogP contribution in [0.5, 0.6) is 0 Å². The van der Waals surface area contributed by atoms with E-state index in [1.54, 1.807) is 0 Å². The van der Waals surface area contributed by atoms with Crippen LogP contribution >= 0.6 is 0 Å². The maximum absolute atomic E-state index is 3.77. The lowest BCUT2D eigenvalue weighted by atomic mass is 9.83. The number of hydrogen-bond donors (Lipinski definition) is 1. The minimum absolute atomic E-state index is 0.251. The minimum atomic E-state index is 0.251. The van der Waals surface area contributed by atoms with Gasteiger partial charge in [0.25, 0.3) is 0 Å². The second kappa shape index (κ2) is 5.66. The lowest BCUT2D eigenvalue weighted by Crippen LogP contribution is -2.43. The number of hydrogen-bond acceptors (Lipinski definition) is 1. The van der Waals surface area contributed by atoms with Crippen molar-refractivity contribution in [1.82, 2.24) is 5.32 Å². The van der Waals surface area contributed by atoms with Gasteiger partial charge in [-0.3, -0.25) is 0 Å². The van der Waals surface area contributed by atoms with Crippen molar-refractivity contribution in [3.63, 3.8) is 0 Å². The third-order valence-electron chi connectivity index (χ3n) is 4.50. The number of benzene rings is 1. The quantitative estimate of drug-likeness (QED) is 0.822. The summed E-state index contributed by atoms with van der Waals surface area (Å²) in [4.78, 5) is 0. The van der Waals surface area contributed by atoms with E-state index < -0.39 is 0 Å². The van der Waals surface area contributed by atoms with Crippen LogP contribution in [0.4, 0.5) is 0 Å². The summed E-state index contributed by atoms with van der Waals surface area (Å²) in [6.07, 6.45) is 6.83. The Hall–Kier alpha value is -0.820. The predicted molar refractivity (Wildman–Crippen MR) is 83.5 cm³/mol. The molecule has 0 unspecified atom stereocenters. The summed E-state index contributed by atoms with van der Waals surface area (Å²) in [5, 5.41) is 3.77. The van der Waals surface area contributed by atoms with E-state index in [1.165, 1.54) is 43.2 Å². The van der Waals surface area contributed by atoms with E-state index in [9.17, 15) is 0 Å². The molecule has 0 saturated heterocycles. The smallest absolute Gasteiger partial charge is 0.0210 e. The second-order valence-corrected chi connectivity index (χ2v) is 7.42. The predicted octanol–water partition coefficient (Wildman–Crippen LogP) is 4.80. The Bertz CT molecular complexity index is 391. The molecule has 0 spiro atoms. The fraction of sp³-hybridized carbons (Fsp3) is 0.667. The Balaban J connectivity index is 1.93. The Kier molecular flexibility index (Phi) is 4.35. The molecule has 106 valence electrons. The number of rotatable bonds is 3. The highest BCUT2D eigenvalue weighted by atomic mass is 15.0. The molecule has 0 aromatic heterocycles. The van der Waals surface area contributed by atoms with Gasteiger partial charge in [-0.2, -0.15) is 0 Å². The van der Waals surface area contributed by atoms with Crippen LogP contribution in [0.15, 0.2) is 24.3 Å². The zero-order chi connectivity index (χ0) is 13.9. The van der Waals surface area contributed by atoms with Crippen molar-refractivity contribution < 1.29 is 0 Å². The molecule has 0 atom stereocenters. The van der Waals surface area contributed by atoms with Gasteiger partial charge in [-0.15, -0.1) is 0 Å². The average molecular weight is 259 g/mol. The summed E-state index contributed by atoms with van der Waals surface area (Å²) in [5.74, 6) is 0. The summed E-state index contributed by atoms with van der Waals surface area (Å²) < 4.78 is 0. The summed E-state index contributed by atoms with van der Waals surface area (Å²) in [6.45, 7) is 10.2. The van der Waals surface area contributed by atoms with Gasteiger partial charge < -0.3 is 5.32 Å². The van der Waals surface area contributed by atoms with Crippen molar-refractivity contribution >= 4 is 0 Å². The Morgan fingerprint density at radius 2 is 1.58 bits per heavy atom. The van der Waals surface area contributed by atoms with E-state index in [0.29, 0.717) is 5.54 Å². The van der Waals surface area contributed by atoms with E-state index in [-0.39, 0.29) is 5.41 Å². The molecule has 1 nitrogen and oxygen atoms in total. The van der Waals surface area contributed by atoms with Crippen molar-refractivity contribution in [2.24, 2.45) is 0 Å². The Morgan fingerprint density at radius 1 is 1.00 bits per heavy atom. The summed E-state index contributed by atoms with van der Waals surface area (Å²) in [6, 6.07) is 9.11. The molecule has 1 aromatic carbocycles. The van der Waals surface area contributed by atoms with E-state index in [4.69, 9.17) is 0 Å². The van der Waals surface area contributed by atoms with Crippen LogP contribution in [0.25, 0.3) is 0 Å². The van der Waals surface area contributed by atoms with Gasteiger partial charge in [-0.25, -0.2) is 0 Å². The highest BCUT2D eigenvalue weighted by Crippen LogP contribution is 2.28. The lowest BCUT2D eigenvalue weighted by Gasteiger charge is -2.35. The summed E-state index contributed by atoms with van der Waals surface area (Å²) >= 11 is 0. The Labute approximate surface area is 118 Å². The first-order valence-corrected chi connectivity index (χ1v) is 7.74. The van der Waals surface area contributed by atoms with Crippen LogP contribution in [-0.4, -0.2) is 5.54 Å². The largest absolute Gasteiger partial charge is 0.307 e. The van der Waals surface area contributed by atoms with Crippen molar-refractivity contribution in [1.29, 1.82) is 0 Å². The molecular weight excluding hydrogens is 230 g/mol. The van der Waals surface area contributed by atoms with Crippen molar-refractivity contribution in [3.05, 3.63) is 35.4 Å². The molecule has 0 radical (unpaired) electrons. The fourth-order valence-corrected chi connectivity index (χ4v) is 2.95. The second-order valence-electron chi connectivity index (χ2n) is 7.42. The standard InChI is InChI=1S/C18H29N/c1-17(2,3)16-10-8-15(9-11-16)14-19-18(4)12-6-5-7-13-18/h8-11,19H,5-7,12-14H2,1-4H3. The van der Waals surface area contributed by atoms with E-state index in [1.807, 2.05) is 0 Å². The van der Waals surface area contributed by atoms with Gasteiger partial charge in [-0.1, -0.05) is 64.3 Å². The highest BCUT2D eigenvalue weighted by molar-refractivity contribution is 5.27. The zero-order valence-corrected chi connectivity index (χ0v) is 13.1. The molecule has 1 aromatic rings. The van der Waals surface area contributed by atoms with Crippen LogP contribution in [0.2, 0.25) is 0 Å². The summed E-state index contributed by atoms with van der Waals surface area (Å²) in [7, 11) is 0. The SMILES string of the molecule is CC1(NCc2ccc(C(C)(C)C)cc2)CCCCC1. The summed E-state index contributed by atoms with van der Waals surface area (Å²) in [5.41, 5.74) is 3.43. The van der Waals surface area contributed by atoms with Gasteiger partial charge in [0, 0.05) is 12.1 Å². The van der Waals surface area contributed by atoms with Crippen molar-refractivity contribution in [3.8, 4) is 0 Å². The van der Waals surface area contributed by atoms with Crippen LogP contribution in [0, 0.1) is 0 Å². The molecule has 1 N–H and O–H groups in total. The zero-order valence-electron chi connectivity index (χ0n) is 13.1. The van der Waals surface area contributed by atoms with Crippen LogP contribution in [-0.2, 0) is 12.0 Å². The molecule has 0 bridgehead atoms. The minimum Gasteiger partial charge on any atom is -0.307 e. The maximum atomic E-state index is 3.77. The van der Waals surface area contributed by atoms with Gasteiger partial charge in [0.15, 0.2) is 0 Å². The Morgan fingerprint density at radius 3 is 2.11 bits per heavy atom. The third-order valence-corrected chi connectivity index (χ3v) is 4.50. The van der Waals surface area contributed by atoms with Gasteiger partial charge in [0.2, 0.25) is 0 Å². The first kappa shape index (κ1) is 14.6. The highest BCUT2D eigenvalue weighted by Gasteiger charge is 2.25. The molecular formula is C18H29N. The molecule has 1 fully saturated rings. The molecule has 2 rings (SSSR count). The lowest BCUT2D eigenvalue weighted by molar-refractivity contribution is 0.252. The van der Waals surface area contributed by atoms with Gasteiger partial charge in [0.05, 0.1) is 0 Å². The van der Waals surface area contributed by atoms with E-state index in [0.717, 1.165) is 6.54 Å². The molecule has 1 saturated carbocycles.